The van der Waals surface area contributed by atoms with Gasteiger partial charge in [-0.05, 0) is 12.1 Å². The van der Waals surface area contributed by atoms with Crippen molar-refractivity contribution in [2.45, 2.75) is 25.8 Å². The first-order chi connectivity index (χ1) is 11.9. The van der Waals surface area contributed by atoms with Crippen molar-refractivity contribution in [3.63, 3.8) is 0 Å². The van der Waals surface area contributed by atoms with E-state index < -0.39 is 11.9 Å². The Morgan fingerprint density at radius 2 is 1.16 bits per heavy atom. The average Bonchev–Trinajstić information content (AvgIpc) is 2.64. The van der Waals surface area contributed by atoms with Crippen molar-refractivity contribution < 1.29 is 28.4 Å². The minimum atomic E-state index is -1.15. The summed E-state index contributed by atoms with van der Waals surface area (Å²) in [5, 5.41) is 0. The van der Waals surface area contributed by atoms with E-state index in [2.05, 4.69) is 29.8 Å². The first-order valence-electron chi connectivity index (χ1n) is 8.51. The van der Waals surface area contributed by atoms with E-state index in [0.717, 1.165) is 15.6 Å². The number of benzene rings is 1. The highest BCUT2D eigenvalue weighted by atomic mass is 79.9. The van der Waals surface area contributed by atoms with Crippen molar-refractivity contribution in [3.05, 3.63) is 33.8 Å². The van der Waals surface area contributed by atoms with Crippen molar-refractivity contribution in [3.8, 4) is 0 Å². The van der Waals surface area contributed by atoms with E-state index in [1.165, 1.54) is 0 Å². The molecule has 7 heteroatoms. The fraction of sp³-hybridized carbons (Fsp3) is 0.667. The Balaban J connectivity index is 1.46. The molecule has 0 N–H and O–H groups in total. The standard InChI is InChI=1S/C18H21BrO6/c1-15-6-20-17(21-7-15,22-8-15)12-3-4-13(14(19)5-12)18-23-9-16(2,10-24-18)11-25-18/h3-5H,6-11H2,1-2H3. The molecule has 0 saturated carbocycles. The third kappa shape index (κ3) is 2.45. The van der Waals surface area contributed by atoms with Gasteiger partial charge >= 0.3 is 11.9 Å². The maximum absolute atomic E-state index is 5.92. The highest BCUT2D eigenvalue weighted by molar-refractivity contribution is 9.10. The lowest BCUT2D eigenvalue weighted by molar-refractivity contribution is -0.479. The van der Waals surface area contributed by atoms with Gasteiger partial charge in [-0.25, -0.2) is 0 Å². The molecule has 0 spiro atoms. The smallest absolute Gasteiger partial charge is 0.313 e. The first kappa shape index (κ1) is 16.6. The zero-order valence-corrected chi connectivity index (χ0v) is 15.9. The number of halogens is 1. The molecular formula is C18H21BrO6. The molecule has 6 fully saturated rings. The lowest BCUT2D eigenvalue weighted by Crippen LogP contribution is -2.57. The van der Waals surface area contributed by atoms with Crippen LogP contribution in [0.1, 0.15) is 25.0 Å². The van der Waals surface area contributed by atoms with Gasteiger partial charge in [0, 0.05) is 20.9 Å². The van der Waals surface area contributed by atoms with E-state index in [1.807, 2.05) is 18.2 Å². The van der Waals surface area contributed by atoms with Gasteiger partial charge in [0.25, 0.3) is 0 Å². The average molecular weight is 413 g/mol. The zero-order valence-electron chi connectivity index (χ0n) is 14.3. The molecule has 0 unspecified atom stereocenters. The Morgan fingerprint density at radius 3 is 1.60 bits per heavy atom. The van der Waals surface area contributed by atoms with Crippen LogP contribution >= 0.6 is 15.9 Å². The van der Waals surface area contributed by atoms with Gasteiger partial charge in [-0.2, -0.15) is 0 Å². The molecule has 6 heterocycles. The summed E-state index contributed by atoms with van der Waals surface area (Å²) in [6.45, 7) is 7.87. The third-order valence-electron chi connectivity index (χ3n) is 5.32. The second kappa shape index (κ2) is 5.25. The van der Waals surface area contributed by atoms with Crippen LogP contribution in [0.2, 0.25) is 0 Å². The van der Waals surface area contributed by atoms with Gasteiger partial charge in [-0.1, -0.05) is 35.8 Å². The minimum Gasteiger partial charge on any atom is -0.323 e. The monoisotopic (exact) mass is 412 g/mol. The lowest BCUT2D eigenvalue weighted by atomic mass is 9.90. The normalized spacial score (nSPS) is 45.7. The molecule has 1 aromatic rings. The number of hydrogen-bond donors (Lipinski definition) is 0. The summed E-state index contributed by atoms with van der Waals surface area (Å²) in [5.74, 6) is -2.27. The molecule has 0 aliphatic carbocycles. The molecule has 0 aromatic heterocycles. The molecule has 0 amide bonds. The summed E-state index contributed by atoms with van der Waals surface area (Å²) >= 11 is 3.63. The van der Waals surface area contributed by atoms with Crippen LogP contribution in [0.15, 0.2) is 22.7 Å². The molecule has 6 aliphatic rings. The van der Waals surface area contributed by atoms with E-state index >= 15 is 0 Å². The Bertz CT molecular complexity index is 670. The zero-order chi connectivity index (χ0) is 17.3. The van der Waals surface area contributed by atoms with Crippen LogP contribution in [0.4, 0.5) is 0 Å². The van der Waals surface area contributed by atoms with Crippen molar-refractivity contribution in [1.29, 1.82) is 0 Å². The summed E-state index contributed by atoms with van der Waals surface area (Å²) in [7, 11) is 0. The molecule has 0 radical (unpaired) electrons. The predicted molar refractivity (Wildman–Crippen MR) is 89.4 cm³/mol. The van der Waals surface area contributed by atoms with E-state index in [-0.39, 0.29) is 10.8 Å². The Labute approximate surface area is 154 Å². The molecule has 6 aliphatic heterocycles. The van der Waals surface area contributed by atoms with Gasteiger partial charge < -0.3 is 28.4 Å². The molecule has 6 saturated heterocycles. The summed E-state index contributed by atoms with van der Waals surface area (Å²) in [6, 6.07) is 5.76. The van der Waals surface area contributed by atoms with Gasteiger partial charge in [-0.3, -0.25) is 0 Å². The summed E-state index contributed by atoms with van der Waals surface area (Å²) in [6.07, 6.45) is 0. The molecule has 4 bridgehead atoms. The Morgan fingerprint density at radius 1 is 0.720 bits per heavy atom. The highest BCUT2D eigenvalue weighted by Crippen LogP contribution is 2.48. The van der Waals surface area contributed by atoms with Crippen LogP contribution in [0.5, 0.6) is 0 Å². The summed E-state index contributed by atoms with van der Waals surface area (Å²) in [4.78, 5) is 0. The van der Waals surface area contributed by atoms with Crippen molar-refractivity contribution in [1.82, 2.24) is 0 Å². The van der Waals surface area contributed by atoms with Crippen molar-refractivity contribution in [2.24, 2.45) is 10.8 Å². The van der Waals surface area contributed by atoms with Gasteiger partial charge in [0.05, 0.1) is 45.2 Å². The SMILES string of the molecule is CC12COC(c3ccc(C45OCC(C)(CO4)CO5)c(Br)c3)(OC1)OC2. The van der Waals surface area contributed by atoms with Crippen LogP contribution in [0.3, 0.4) is 0 Å². The van der Waals surface area contributed by atoms with Crippen LogP contribution in [-0.2, 0) is 40.4 Å². The molecular weight excluding hydrogens is 392 g/mol. The van der Waals surface area contributed by atoms with Crippen molar-refractivity contribution >= 4 is 15.9 Å². The maximum Gasteiger partial charge on any atom is 0.313 e. The molecule has 7 rings (SSSR count). The topological polar surface area (TPSA) is 55.4 Å². The molecule has 1 aromatic carbocycles. The molecule has 6 nitrogen and oxygen atoms in total. The number of rotatable bonds is 2. The molecule has 0 atom stereocenters. The fourth-order valence-corrected chi connectivity index (χ4v) is 4.17. The Kier molecular flexibility index (Phi) is 3.49. The number of hydrogen-bond acceptors (Lipinski definition) is 6. The van der Waals surface area contributed by atoms with Gasteiger partial charge in [0.15, 0.2) is 0 Å². The highest BCUT2D eigenvalue weighted by Gasteiger charge is 2.54. The van der Waals surface area contributed by atoms with Crippen LogP contribution in [0, 0.1) is 10.8 Å². The van der Waals surface area contributed by atoms with Gasteiger partial charge in [-0.15, -0.1) is 0 Å². The Hall–Kier alpha value is -0.540. The lowest BCUT2D eigenvalue weighted by Gasteiger charge is -2.51. The van der Waals surface area contributed by atoms with Crippen LogP contribution < -0.4 is 0 Å². The van der Waals surface area contributed by atoms with Crippen molar-refractivity contribution in [2.75, 3.05) is 39.6 Å². The van der Waals surface area contributed by atoms with E-state index in [0.29, 0.717) is 39.6 Å². The molecule has 136 valence electrons. The van der Waals surface area contributed by atoms with E-state index in [4.69, 9.17) is 28.4 Å². The van der Waals surface area contributed by atoms with E-state index in [9.17, 15) is 0 Å². The predicted octanol–water partition coefficient (Wildman–Crippen LogP) is 2.84. The van der Waals surface area contributed by atoms with Gasteiger partial charge in [0.1, 0.15) is 0 Å². The number of fused-ring (bicyclic) bond motifs is 6. The second-order valence-corrected chi connectivity index (χ2v) is 9.01. The maximum atomic E-state index is 5.92. The quantitative estimate of drug-likeness (QED) is 0.744. The van der Waals surface area contributed by atoms with Crippen LogP contribution in [0.25, 0.3) is 0 Å². The largest absolute Gasteiger partial charge is 0.323 e. The number of ether oxygens (including phenoxy) is 6. The fourth-order valence-electron chi connectivity index (χ4n) is 3.55. The summed E-state index contributed by atoms with van der Waals surface area (Å²) in [5.41, 5.74) is 1.47. The van der Waals surface area contributed by atoms with Gasteiger partial charge in [0.2, 0.25) is 0 Å². The summed E-state index contributed by atoms with van der Waals surface area (Å²) < 4.78 is 36.3. The second-order valence-electron chi connectivity index (χ2n) is 8.16. The van der Waals surface area contributed by atoms with Crippen LogP contribution in [-0.4, -0.2) is 39.6 Å². The van der Waals surface area contributed by atoms with E-state index in [1.54, 1.807) is 0 Å². The minimum absolute atomic E-state index is 0.0652. The first-order valence-corrected chi connectivity index (χ1v) is 9.30. The molecule has 25 heavy (non-hydrogen) atoms. The third-order valence-corrected chi connectivity index (χ3v) is 5.97.